The van der Waals surface area contributed by atoms with Crippen molar-refractivity contribution < 1.29 is 13.2 Å². The Hall–Kier alpha value is -3.48. The number of hydrogen-bond donors (Lipinski definition) is 0. The number of hydrogen-bond acceptors (Lipinski definition) is 0. The molecule has 0 spiro atoms. The highest BCUT2D eigenvalue weighted by molar-refractivity contribution is 6.30. The lowest BCUT2D eigenvalue weighted by Gasteiger charge is -2.07. The first-order valence-corrected chi connectivity index (χ1v) is 11.9. The fraction of sp³-hybridized carbons (Fsp3) is 0.161. The molecule has 0 radical (unpaired) electrons. The molecule has 0 fully saturated rings. The molecule has 0 N–H and O–H groups in total. The van der Waals surface area contributed by atoms with Gasteiger partial charge in [0.25, 0.3) is 0 Å². The van der Waals surface area contributed by atoms with Crippen LogP contribution in [0.3, 0.4) is 0 Å². The fourth-order valence-electron chi connectivity index (χ4n) is 3.94. The van der Waals surface area contributed by atoms with E-state index in [-0.39, 0.29) is 11.1 Å². The van der Waals surface area contributed by atoms with Crippen molar-refractivity contribution in [3.8, 4) is 11.8 Å². The van der Waals surface area contributed by atoms with Crippen LogP contribution in [0.1, 0.15) is 41.2 Å². The van der Waals surface area contributed by atoms with Crippen molar-refractivity contribution in [1.82, 2.24) is 0 Å². The normalized spacial score (nSPS) is 11.1. The summed E-state index contributed by atoms with van der Waals surface area (Å²) in [7, 11) is 0. The molecular weight excluding hydrogens is 465 g/mol. The van der Waals surface area contributed by atoms with Gasteiger partial charge < -0.3 is 0 Å². The Kier molecular flexibility index (Phi) is 7.95. The molecule has 4 heteroatoms. The lowest BCUT2D eigenvalue weighted by molar-refractivity contribution is 0.583. The van der Waals surface area contributed by atoms with Gasteiger partial charge in [0.2, 0.25) is 0 Å². The SMILES string of the molecule is C/C=C/CCc1ccc(CCc2ccc3c(F)c(C#Cc4cc(F)c(Cl)c(F)c4)ccc3c2)cc1. The van der Waals surface area contributed by atoms with Gasteiger partial charge in [0, 0.05) is 10.9 Å². The molecule has 0 nitrogen and oxygen atoms in total. The fourth-order valence-corrected chi connectivity index (χ4v) is 4.05. The van der Waals surface area contributed by atoms with Crippen LogP contribution in [0.2, 0.25) is 5.02 Å². The number of rotatable bonds is 6. The second-order valence-electron chi connectivity index (χ2n) is 8.41. The summed E-state index contributed by atoms with van der Waals surface area (Å²) in [6.45, 7) is 2.03. The summed E-state index contributed by atoms with van der Waals surface area (Å²) in [4.78, 5) is 0. The zero-order valence-electron chi connectivity index (χ0n) is 19.3. The van der Waals surface area contributed by atoms with E-state index in [4.69, 9.17) is 11.6 Å². The molecule has 35 heavy (non-hydrogen) atoms. The largest absolute Gasteiger partial charge is 0.205 e. The van der Waals surface area contributed by atoms with Crippen LogP contribution in [0.5, 0.6) is 0 Å². The van der Waals surface area contributed by atoms with Gasteiger partial charge >= 0.3 is 0 Å². The Morgan fingerprint density at radius 3 is 2.06 bits per heavy atom. The second kappa shape index (κ2) is 11.3. The maximum Gasteiger partial charge on any atom is 0.146 e. The zero-order chi connectivity index (χ0) is 24.8. The first-order chi connectivity index (χ1) is 16.9. The van der Waals surface area contributed by atoms with Crippen LogP contribution >= 0.6 is 11.6 Å². The first-order valence-electron chi connectivity index (χ1n) is 11.5. The van der Waals surface area contributed by atoms with E-state index in [1.54, 1.807) is 12.1 Å². The topological polar surface area (TPSA) is 0 Å². The molecule has 0 atom stereocenters. The smallest absolute Gasteiger partial charge is 0.146 e. The second-order valence-corrected chi connectivity index (χ2v) is 8.79. The lowest BCUT2D eigenvalue weighted by atomic mass is 9.98. The third kappa shape index (κ3) is 6.15. The average molecular weight is 489 g/mol. The maximum absolute atomic E-state index is 15.1. The predicted molar refractivity (Wildman–Crippen MR) is 138 cm³/mol. The Bertz CT molecular complexity index is 1420. The monoisotopic (exact) mass is 488 g/mol. The highest BCUT2D eigenvalue weighted by Gasteiger charge is 2.09. The Morgan fingerprint density at radius 2 is 1.37 bits per heavy atom. The highest BCUT2D eigenvalue weighted by atomic mass is 35.5. The van der Waals surface area contributed by atoms with Gasteiger partial charge in [-0.25, -0.2) is 13.2 Å². The standard InChI is InChI=1S/C31H24ClF3/c1-2-3-4-5-21-6-8-22(9-7-21)10-11-23-13-17-27-26(18-23)16-15-25(31(27)35)14-12-24-19-28(33)30(32)29(34)20-24/h2-3,6-9,13,15-20H,4-5,10-11H2,1H3/b3-2+. The summed E-state index contributed by atoms with van der Waals surface area (Å²) >= 11 is 5.49. The van der Waals surface area contributed by atoms with E-state index in [0.29, 0.717) is 5.39 Å². The average Bonchev–Trinajstić information content (AvgIpc) is 2.86. The van der Waals surface area contributed by atoms with E-state index in [1.165, 1.54) is 11.1 Å². The van der Waals surface area contributed by atoms with Crippen LogP contribution in [0.4, 0.5) is 13.2 Å². The molecule has 0 bridgehead atoms. The summed E-state index contributed by atoms with van der Waals surface area (Å²) in [5.41, 5.74) is 3.98. The van der Waals surface area contributed by atoms with Gasteiger partial charge in [-0.05, 0) is 72.9 Å². The molecule has 4 aromatic rings. The van der Waals surface area contributed by atoms with Gasteiger partial charge in [0.15, 0.2) is 0 Å². The minimum absolute atomic E-state index is 0.0880. The molecule has 0 saturated carbocycles. The molecule has 0 aromatic heterocycles. The van der Waals surface area contributed by atoms with E-state index in [0.717, 1.165) is 48.8 Å². The number of aryl methyl sites for hydroxylation is 3. The lowest BCUT2D eigenvalue weighted by Crippen LogP contribution is -1.94. The van der Waals surface area contributed by atoms with Crippen LogP contribution < -0.4 is 0 Å². The number of fused-ring (bicyclic) bond motifs is 1. The van der Waals surface area contributed by atoms with Gasteiger partial charge in [0.05, 0.1) is 5.56 Å². The summed E-state index contributed by atoms with van der Waals surface area (Å²) in [6, 6.07) is 19.9. The van der Waals surface area contributed by atoms with E-state index in [9.17, 15) is 8.78 Å². The zero-order valence-corrected chi connectivity index (χ0v) is 20.1. The Labute approximate surface area is 209 Å². The number of halogens is 4. The molecule has 0 aliphatic heterocycles. The Morgan fingerprint density at radius 1 is 0.743 bits per heavy atom. The number of benzene rings is 4. The summed E-state index contributed by atoms with van der Waals surface area (Å²) in [5, 5.41) is 0.660. The summed E-state index contributed by atoms with van der Waals surface area (Å²) in [6.07, 6.45) is 8.10. The third-order valence-corrected chi connectivity index (χ3v) is 6.27. The van der Waals surface area contributed by atoms with Gasteiger partial charge in [0.1, 0.15) is 22.5 Å². The van der Waals surface area contributed by atoms with E-state index >= 15 is 4.39 Å². The van der Waals surface area contributed by atoms with Crippen LogP contribution in [-0.4, -0.2) is 0 Å². The molecule has 4 rings (SSSR count). The molecule has 176 valence electrons. The van der Waals surface area contributed by atoms with E-state index in [1.807, 2.05) is 25.1 Å². The third-order valence-electron chi connectivity index (χ3n) is 5.90. The van der Waals surface area contributed by atoms with Crippen LogP contribution in [0, 0.1) is 29.3 Å². The van der Waals surface area contributed by atoms with Gasteiger partial charge in [-0.3, -0.25) is 0 Å². The van der Waals surface area contributed by atoms with Crippen molar-refractivity contribution in [3.05, 3.63) is 129 Å². The minimum atomic E-state index is -0.900. The molecule has 0 aliphatic carbocycles. The predicted octanol–water partition coefficient (Wildman–Crippen LogP) is 8.60. The van der Waals surface area contributed by atoms with Crippen molar-refractivity contribution in [2.45, 2.75) is 32.6 Å². The highest BCUT2D eigenvalue weighted by Crippen LogP contribution is 2.24. The van der Waals surface area contributed by atoms with Crippen LogP contribution in [0.25, 0.3) is 10.8 Å². The van der Waals surface area contributed by atoms with Gasteiger partial charge in [-0.15, -0.1) is 0 Å². The van der Waals surface area contributed by atoms with Gasteiger partial charge in [-0.1, -0.05) is 84.1 Å². The van der Waals surface area contributed by atoms with Crippen molar-refractivity contribution >= 4 is 22.4 Å². The molecular formula is C31H24ClF3. The molecule has 0 amide bonds. The first kappa shape index (κ1) is 24.6. The van der Waals surface area contributed by atoms with Crippen molar-refractivity contribution in [2.24, 2.45) is 0 Å². The van der Waals surface area contributed by atoms with Gasteiger partial charge in [-0.2, -0.15) is 0 Å². The summed E-state index contributed by atoms with van der Waals surface area (Å²) in [5.74, 6) is 3.03. The van der Waals surface area contributed by atoms with Crippen molar-refractivity contribution in [2.75, 3.05) is 0 Å². The van der Waals surface area contributed by atoms with Crippen LogP contribution in [-0.2, 0) is 19.3 Å². The molecule has 0 aliphatic rings. The summed E-state index contributed by atoms with van der Waals surface area (Å²) < 4.78 is 42.3. The van der Waals surface area contributed by atoms with Crippen molar-refractivity contribution in [1.29, 1.82) is 0 Å². The molecule has 0 heterocycles. The molecule has 0 unspecified atom stereocenters. The maximum atomic E-state index is 15.1. The minimum Gasteiger partial charge on any atom is -0.205 e. The van der Waals surface area contributed by atoms with Crippen molar-refractivity contribution in [3.63, 3.8) is 0 Å². The number of allylic oxidation sites excluding steroid dienone is 2. The van der Waals surface area contributed by atoms with E-state index < -0.39 is 22.5 Å². The Balaban J connectivity index is 1.47. The van der Waals surface area contributed by atoms with E-state index in [2.05, 4.69) is 48.3 Å². The van der Waals surface area contributed by atoms with Crippen LogP contribution in [0.15, 0.2) is 78.9 Å². The molecule has 0 saturated heterocycles. The molecule has 4 aromatic carbocycles. The quantitative estimate of drug-likeness (QED) is 0.145.